The molecule has 118 valence electrons. The average Bonchev–Trinajstić information content (AvgIpc) is 2.41. The van der Waals surface area contributed by atoms with Crippen LogP contribution in [0.5, 0.6) is 0 Å². The lowest BCUT2D eigenvalue weighted by molar-refractivity contribution is -0.173. The van der Waals surface area contributed by atoms with Gasteiger partial charge >= 0.3 is 6.18 Å². The highest BCUT2D eigenvalue weighted by atomic mass is 19.4. The van der Waals surface area contributed by atoms with Crippen molar-refractivity contribution in [3.8, 4) is 0 Å². The third-order valence-electron chi connectivity index (χ3n) is 2.46. The van der Waals surface area contributed by atoms with Crippen molar-refractivity contribution >= 4 is 5.84 Å². The molecule has 0 atom stereocenters. The minimum atomic E-state index is -4.35. The first-order chi connectivity index (χ1) is 9.83. The average molecular weight is 309 g/mol. The van der Waals surface area contributed by atoms with Crippen molar-refractivity contribution in [2.45, 2.75) is 12.7 Å². The van der Waals surface area contributed by atoms with E-state index in [9.17, 15) is 17.6 Å². The number of hydrogen-bond acceptors (Lipinski definition) is 4. The molecule has 4 N–H and O–H groups in total. The SMILES string of the molecule is NC(=NO)c1cc(F)ccc1CNCCOCC(F)(F)F. The van der Waals surface area contributed by atoms with Gasteiger partial charge in [-0.1, -0.05) is 11.2 Å². The van der Waals surface area contributed by atoms with E-state index in [0.717, 1.165) is 6.07 Å². The highest BCUT2D eigenvalue weighted by Crippen LogP contribution is 2.14. The Morgan fingerprint density at radius 2 is 2.10 bits per heavy atom. The monoisotopic (exact) mass is 309 g/mol. The fourth-order valence-electron chi connectivity index (χ4n) is 1.55. The molecule has 0 radical (unpaired) electrons. The first-order valence-corrected chi connectivity index (χ1v) is 5.95. The van der Waals surface area contributed by atoms with Gasteiger partial charge in [0, 0.05) is 18.7 Å². The quantitative estimate of drug-likeness (QED) is 0.178. The number of alkyl halides is 3. The minimum Gasteiger partial charge on any atom is -0.409 e. The number of hydrogen-bond donors (Lipinski definition) is 3. The van der Waals surface area contributed by atoms with Crippen LogP contribution in [0.3, 0.4) is 0 Å². The van der Waals surface area contributed by atoms with Crippen LogP contribution in [0.1, 0.15) is 11.1 Å². The molecule has 9 heteroatoms. The van der Waals surface area contributed by atoms with Crippen LogP contribution in [0.25, 0.3) is 0 Å². The van der Waals surface area contributed by atoms with Crippen LogP contribution in [0.15, 0.2) is 23.4 Å². The van der Waals surface area contributed by atoms with Gasteiger partial charge in [-0.15, -0.1) is 0 Å². The maximum Gasteiger partial charge on any atom is 0.411 e. The third-order valence-corrected chi connectivity index (χ3v) is 2.46. The van der Waals surface area contributed by atoms with Crippen LogP contribution in [0.4, 0.5) is 17.6 Å². The van der Waals surface area contributed by atoms with Crippen molar-refractivity contribution in [2.24, 2.45) is 10.9 Å². The Hall–Kier alpha value is -1.87. The molecule has 0 fully saturated rings. The van der Waals surface area contributed by atoms with Gasteiger partial charge in [0.1, 0.15) is 12.4 Å². The summed E-state index contributed by atoms with van der Waals surface area (Å²) < 4.78 is 53.0. The molecule has 0 aliphatic carbocycles. The van der Waals surface area contributed by atoms with Gasteiger partial charge in [-0.2, -0.15) is 13.2 Å². The molecule has 21 heavy (non-hydrogen) atoms. The summed E-state index contributed by atoms with van der Waals surface area (Å²) in [6.45, 7) is -1.05. The number of nitrogens with one attached hydrogen (secondary N) is 1. The number of nitrogens with zero attached hydrogens (tertiary/aromatic N) is 1. The summed E-state index contributed by atoms with van der Waals surface area (Å²) in [5.41, 5.74) is 6.17. The molecule has 0 aliphatic rings. The molecule has 0 heterocycles. The topological polar surface area (TPSA) is 79.9 Å². The van der Waals surface area contributed by atoms with Crippen molar-refractivity contribution in [2.75, 3.05) is 19.8 Å². The molecule has 0 spiro atoms. The molecule has 0 aliphatic heterocycles. The lowest BCUT2D eigenvalue weighted by atomic mass is 10.1. The Bertz CT molecular complexity index is 492. The molecule has 0 unspecified atom stereocenters. The van der Waals surface area contributed by atoms with Crippen molar-refractivity contribution in [3.05, 3.63) is 35.1 Å². The molecule has 1 aromatic rings. The molecule has 1 aromatic carbocycles. The van der Waals surface area contributed by atoms with Gasteiger partial charge in [-0.25, -0.2) is 4.39 Å². The van der Waals surface area contributed by atoms with Gasteiger partial charge in [0.15, 0.2) is 5.84 Å². The van der Waals surface area contributed by atoms with Crippen molar-refractivity contribution in [1.82, 2.24) is 5.32 Å². The van der Waals surface area contributed by atoms with Gasteiger partial charge in [0.05, 0.1) is 6.61 Å². The number of halogens is 4. The highest BCUT2D eigenvalue weighted by Gasteiger charge is 2.27. The molecular formula is C12H15F4N3O2. The second-order valence-corrected chi connectivity index (χ2v) is 4.13. The zero-order valence-corrected chi connectivity index (χ0v) is 11.0. The van der Waals surface area contributed by atoms with E-state index in [-0.39, 0.29) is 31.1 Å². The number of benzene rings is 1. The van der Waals surface area contributed by atoms with Gasteiger partial charge in [-0.3, -0.25) is 0 Å². The fraction of sp³-hybridized carbons (Fsp3) is 0.417. The summed E-state index contributed by atoms with van der Waals surface area (Å²) in [5, 5.41) is 14.2. The van der Waals surface area contributed by atoms with Gasteiger partial charge < -0.3 is 21.0 Å². The molecule has 5 nitrogen and oxygen atoms in total. The Kier molecular flexibility index (Phi) is 6.38. The zero-order valence-electron chi connectivity index (χ0n) is 11.0. The number of oxime groups is 1. The number of nitrogens with two attached hydrogens (primary N) is 1. The number of amidine groups is 1. The maximum atomic E-state index is 13.1. The highest BCUT2D eigenvalue weighted by molar-refractivity contribution is 5.98. The summed E-state index contributed by atoms with van der Waals surface area (Å²) in [7, 11) is 0. The van der Waals surface area contributed by atoms with Crippen molar-refractivity contribution in [3.63, 3.8) is 0 Å². The van der Waals surface area contributed by atoms with Gasteiger partial charge in [-0.05, 0) is 17.7 Å². The normalized spacial score (nSPS) is 12.7. The van der Waals surface area contributed by atoms with E-state index >= 15 is 0 Å². The van der Waals surface area contributed by atoms with E-state index in [1.807, 2.05) is 0 Å². The summed E-state index contributed by atoms with van der Waals surface area (Å²) in [4.78, 5) is 0. The molecular weight excluding hydrogens is 294 g/mol. The predicted molar refractivity (Wildman–Crippen MR) is 67.5 cm³/mol. The van der Waals surface area contributed by atoms with E-state index < -0.39 is 18.6 Å². The molecule has 1 rings (SSSR count). The first-order valence-electron chi connectivity index (χ1n) is 5.95. The van der Waals surface area contributed by atoms with E-state index in [0.29, 0.717) is 5.56 Å². The summed E-state index contributed by atoms with van der Waals surface area (Å²) >= 11 is 0. The fourth-order valence-corrected chi connectivity index (χ4v) is 1.55. The second kappa shape index (κ2) is 7.79. The van der Waals surface area contributed by atoms with Crippen molar-refractivity contribution in [1.29, 1.82) is 0 Å². The van der Waals surface area contributed by atoms with Gasteiger partial charge in [0.25, 0.3) is 0 Å². The Morgan fingerprint density at radius 3 is 2.71 bits per heavy atom. The minimum absolute atomic E-state index is 0.125. The van der Waals surface area contributed by atoms with Crippen LogP contribution in [-0.4, -0.2) is 37.0 Å². The smallest absolute Gasteiger partial charge is 0.409 e. The van der Waals surface area contributed by atoms with Crippen LogP contribution in [0.2, 0.25) is 0 Å². The first kappa shape index (κ1) is 17.2. The second-order valence-electron chi connectivity index (χ2n) is 4.13. The Balaban J connectivity index is 2.45. The van der Waals surface area contributed by atoms with E-state index in [1.54, 1.807) is 0 Å². The van der Waals surface area contributed by atoms with Crippen LogP contribution < -0.4 is 11.1 Å². The van der Waals surface area contributed by atoms with Crippen LogP contribution in [0, 0.1) is 5.82 Å². The molecule has 0 amide bonds. The molecule has 0 aromatic heterocycles. The summed E-state index contributed by atoms with van der Waals surface area (Å²) in [5.74, 6) is -0.798. The number of ether oxygens (including phenoxy) is 1. The zero-order chi connectivity index (χ0) is 15.9. The van der Waals surface area contributed by atoms with Gasteiger partial charge in [0.2, 0.25) is 0 Å². The summed E-state index contributed by atoms with van der Waals surface area (Å²) in [6, 6.07) is 3.74. The standard InChI is InChI=1S/C12H15F4N3O2/c13-9-2-1-8(10(5-9)11(17)19-20)6-18-3-4-21-7-12(14,15)16/h1-2,5,18,20H,3-4,6-7H2,(H2,17,19). The maximum absolute atomic E-state index is 13.1. The number of rotatable bonds is 7. The Labute approximate surface area is 118 Å². The lowest BCUT2D eigenvalue weighted by Gasteiger charge is -2.11. The third kappa shape index (κ3) is 6.41. The van der Waals surface area contributed by atoms with E-state index in [4.69, 9.17) is 10.9 Å². The van der Waals surface area contributed by atoms with Crippen LogP contribution in [-0.2, 0) is 11.3 Å². The molecule has 0 saturated carbocycles. The van der Waals surface area contributed by atoms with Crippen molar-refractivity contribution < 1.29 is 27.5 Å². The molecule has 0 saturated heterocycles. The van der Waals surface area contributed by atoms with E-state index in [2.05, 4.69) is 15.2 Å². The molecule has 0 bridgehead atoms. The largest absolute Gasteiger partial charge is 0.411 e. The summed E-state index contributed by atoms with van der Waals surface area (Å²) in [6.07, 6.45) is -4.35. The predicted octanol–water partition coefficient (Wildman–Crippen LogP) is 1.59. The van der Waals surface area contributed by atoms with Crippen LogP contribution >= 0.6 is 0 Å². The lowest BCUT2D eigenvalue weighted by Crippen LogP contribution is -2.25. The van der Waals surface area contributed by atoms with E-state index in [1.165, 1.54) is 12.1 Å². The Morgan fingerprint density at radius 1 is 1.38 bits per heavy atom.